The lowest BCUT2D eigenvalue weighted by atomic mass is 10.1. The van der Waals surface area contributed by atoms with Crippen molar-refractivity contribution in [3.63, 3.8) is 0 Å². The Hall–Kier alpha value is -1.73. The van der Waals surface area contributed by atoms with Crippen molar-refractivity contribution in [2.45, 2.75) is 38.1 Å². The van der Waals surface area contributed by atoms with Gasteiger partial charge in [-0.3, -0.25) is 4.57 Å². The van der Waals surface area contributed by atoms with Crippen LogP contribution in [0.4, 0.5) is 0 Å². The Labute approximate surface area is 140 Å². The van der Waals surface area contributed by atoms with Gasteiger partial charge in [0, 0.05) is 5.97 Å². The average molecular weight is 356 g/mol. The van der Waals surface area contributed by atoms with Crippen molar-refractivity contribution in [1.29, 1.82) is 0 Å². The highest BCUT2D eigenvalue weighted by Gasteiger charge is 2.17. The number of unbranched alkanes of at least 4 members (excludes halogenated alkanes) is 1. The van der Waals surface area contributed by atoms with Gasteiger partial charge in [0.05, 0.1) is 18.6 Å². The molecule has 0 radical (unpaired) electrons. The predicted molar refractivity (Wildman–Crippen MR) is 79.1 cm³/mol. The smallest absolute Gasteiger partial charge is 0.204 e. The average Bonchev–Trinajstić information content (AvgIpc) is 2.51. The fourth-order valence-corrected chi connectivity index (χ4v) is 3.05. The summed E-state index contributed by atoms with van der Waals surface area (Å²) in [5.74, 6) is -3.20. The van der Waals surface area contributed by atoms with Crippen molar-refractivity contribution < 1.29 is 33.8 Å². The van der Waals surface area contributed by atoms with Gasteiger partial charge < -0.3 is 29.2 Å². The normalized spacial score (nSPS) is 14.7. The molecular weight excluding hydrogens is 337 g/mol. The van der Waals surface area contributed by atoms with Gasteiger partial charge in [-0.15, -0.1) is 0 Å². The number of benzene rings is 1. The monoisotopic (exact) mass is 356 g/mol. The molecule has 0 heterocycles. The van der Waals surface area contributed by atoms with E-state index in [1.165, 1.54) is 0 Å². The van der Waals surface area contributed by atoms with Gasteiger partial charge in [-0.2, -0.15) is 0 Å². The highest BCUT2D eigenvalue weighted by Crippen LogP contribution is 2.33. The van der Waals surface area contributed by atoms with E-state index in [1.807, 2.05) is 30.3 Å². The molecule has 134 valence electrons. The molecule has 1 unspecified atom stereocenters. The number of aryl methyl sites for hydroxylation is 1. The molecule has 2 atom stereocenters. The molecule has 1 N–H and O–H groups in total. The van der Waals surface area contributed by atoms with Crippen LogP contribution in [0.3, 0.4) is 0 Å². The maximum Gasteiger partial charge on any atom is 0.204 e. The van der Waals surface area contributed by atoms with Crippen LogP contribution in [0.25, 0.3) is 0 Å². The second-order valence-corrected chi connectivity index (χ2v) is 6.70. The van der Waals surface area contributed by atoms with Gasteiger partial charge in [-0.25, -0.2) is 5.09 Å². The maximum atomic E-state index is 11.7. The molecule has 0 bridgehead atoms. The SMILES string of the molecule is O=C([O-])CC[C@H](NP(=O)([O-])OCCCCc1ccccc1)C(=O)[O-]. The Bertz CT molecular complexity index is 578. The first-order valence-electron chi connectivity index (χ1n) is 7.48. The Morgan fingerprint density at radius 1 is 1.17 bits per heavy atom. The molecule has 1 aromatic carbocycles. The van der Waals surface area contributed by atoms with Crippen molar-refractivity contribution in [2.75, 3.05) is 6.61 Å². The van der Waals surface area contributed by atoms with E-state index in [1.54, 1.807) is 5.09 Å². The molecule has 9 heteroatoms. The lowest BCUT2D eigenvalue weighted by molar-refractivity contribution is -0.310. The number of hydrogen-bond donors (Lipinski definition) is 1. The summed E-state index contributed by atoms with van der Waals surface area (Å²) in [6.07, 6.45) is 0.863. The number of rotatable bonds is 12. The summed E-state index contributed by atoms with van der Waals surface area (Å²) in [4.78, 5) is 32.8. The quantitative estimate of drug-likeness (QED) is 0.361. The third-order valence-corrected chi connectivity index (χ3v) is 4.35. The van der Waals surface area contributed by atoms with E-state index in [9.17, 15) is 29.3 Å². The summed E-state index contributed by atoms with van der Waals surface area (Å²) < 4.78 is 16.4. The molecule has 1 aromatic rings. The first kappa shape index (κ1) is 20.3. The van der Waals surface area contributed by atoms with Crippen molar-refractivity contribution in [1.82, 2.24) is 5.09 Å². The lowest BCUT2D eigenvalue weighted by Gasteiger charge is -2.30. The number of aliphatic carboxylic acids is 2. The van der Waals surface area contributed by atoms with Gasteiger partial charge in [0.2, 0.25) is 7.75 Å². The molecule has 0 saturated heterocycles. The summed E-state index contributed by atoms with van der Waals surface area (Å²) in [5.41, 5.74) is 1.13. The van der Waals surface area contributed by atoms with E-state index in [4.69, 9.17) is 0 Å². The van der Waals surface area contributed by atoms with E-state index in [2.05, 4.69) is 4.52 Å². The summed E-state index contributed by atoms with van der Waals surface area (Å²) in [5, 5.41) is 22.9. The second kappa shape index (κ2) is 10.2. The van der Waals surface area contributed by atoms with Crippen LogP contribution in [0.15, 0.2) is 30.3 Å². The number of carboxylic acids is 2. The van der Waals surface area contributed by atoms with Gasteiger partial charge in [0.25, 0.3) is 0 Å². The van der Waals surface area contributed by atoms with E-state index in [0.717, 1.165) is 12.0 Å². The largest absolute Gasteiger partial charge is 0.766 e. The molecule has 0 aromatic heterocycles. The minimum absolute atomic E-state index is 0.0964. The van der Waals surface area contributed by atoms with Gasteiger partial charge in [-0.1, -0.05) is 30.3 Å². The molecule has 0 aliphatic carbocycles. The lowest BCUT2D eigenvalue weighted by Crippen LogP contribution is -2.46. The summed E-state index contributed by atoms with van der Waals surface area (Å²) in [6, 6.07) is 7.98. The summed E-state index contributed by atoms with van der Waals surface area (Å²) >= 11 is 0. The number of carbonyl (C=O) groups excluding carboxylic acids is 2. The van der Waals surface area contributed by atoms with Crippen molar-refractivity contribution in [3.05, 3.63) is 35.9 Å². The van der Waals surface area contributed by atoms with Gasteiger partial charge in [0.1, 0.15) is 0 Å². The Balaban J connectivity index is 2.32. The van der Waals surface area contributed by atoms with E-state index < -0.39 is 38.6 Å². The molecule has 0 saturated carbocycles. The van der Waals surface area contributed by atoms with Crippen LogP contribution in [0.2, 0.25) is 0 Å². The molecule has 0 fully saturated rings. The van der Waals surface area contributed by atoms with Crippen LogP contribution in [0.1, 0.15) is 31.2 Å². The van der Waals surface area contributed by atoms with Crippen LogP contribution in [0.5, 0.6) is 0 Å². The third-order valence-electron chi connectivity index (χ3n) is 3.20. The Kier molecular flexibility index (Phi) is 8.63. The van der Waals surface area contributed by atoms with Crippen molar-refractivity contribution >= 4 is 19.7 Å². The number of carbonyl (C=O) groups is 2. The van der Waals surface area contributed by atoms with Crippen LogP contribution in [-0.2, 0) is 25.1 Å². The second-order valence-electron chi connectivity index (χ2n) is 5.18. The van der Waals surface area contributed by atoms with Crippen LogP contribution in [-0.4, -0.2) is 24.6 Å². The zero-order valence-electron chi connectivity index (χ0n) is 13.0. The van der Waals surface area contributed by atoms with Crippen LogP contribution in [0, 0.1) is 0 Å². The van der Waals surface area contributed by atoms with Crippen molar-refractivity contribution in [3.8, 4) is 0 Å². The van der Waals surface area contributed by atoms with E-state index in [0.29, 0.717) is 12.8 Å². The minimum Gasteiger partial charge on any atom is -0.766 e. The van der Waals surface area contributed by atoms with Crippen molar-refractivity contribution in [2.24, 2.45) is 0 Å². The van der Waals surface area contributed by atoms with E-state index >= 15 is 0 Å². The van der Waals surface area contributed by atoms with Gasteiger partial charge >= 0.3 is 0 Å². The molecule has 0 aliphatic heterocycles. The summed E-state index contributed by atoms with van der Waals surface area (Å²) in [6.45, 7) is -0.0964. The highest BCUT2D eigenvalue weighted by molar-refractivity contribution is 7.49. The maximum absolute atomic E-state index is 11.7. The van der Waals surface area contributed by atoms with Gasteiger partial charge in [0.15, 0.2) is 0 Å². The molecule has 24 heavy (non-hydrogen) atoms. The standard InChI is InChI=1S/C15H22NO7P/c17-14(18)10-9-13(15(19)20)16-24(21,22)23-11-5-4-8-12-6-2-1-3-7-12/h1-3,6-7,13H,4-5,8-11H2,(H,17,18)(H,19,20)(H2,16,21,22)/p-3/t13-/m0/s1. The van der Waals surface area contributed by atoms with Crippen LogP contribution >= 0.6 is 7.75 Å². The van der Waals surface area contributed by atoms with Gasteiger partial charge in [-0.05, 0) is 37.7 Å². The zero-order chi connectivity index (χ0) is 18.0. The fourth-order valence-electron chi connectivity index (χ4n) is 1.99. The third kappa shape index (κ3) is 8.79. The molecular formula is C15H19NO7P-3. The topological polar surface area (TPSA) is 142 Å². The highest BCUT2D eigenvalue weighted by atomic mass is 31.2. The Morgan fingerprint density at radius 2 is 1.83 bits per heavy atom. The first-order chi connectivity index (χ1) is 11.3. The molecule has 8 nitrogen and oxygen atoms in total. The minimum atomic E-state index is -4.61. The molecule has 0 amide bonds. The zero-order valence-corrected chi connectivity index (χ0v) is 13.9. The van der Waals surface area contributed by atoms with Crippen LogP contribution < -0.4 is 20.2 Å². The Morgan fingerprint density at radius 3 is 2.42 bits per heavy atom. The van der Waals surface area contributed by atoms with E-state index in [-0.39, 0.29) is 6.61 Å². The number of carboxylic acid groups (broad SMARTS) is 2. The number of hydrogen-bond acceptors (Lipinski definition) is 7. The fraction of sp³-hybridized carbons (Fsp3) is 0.467. The molecule has 0 aliphatic rings. The first-order valence-corrected chi connectivity index (χ1v) is 9.02. The predicted octanol–water partition coefficient (Wildman–Crippen LogP) is -1.27. The molecule has 1 rings (SSSR count). The number of nitrogens with one attached hydrogen (secondary N) is 1. The summed E-state index contributed by atoms with van der Waals surface area (Å²) in [7, 11) is -4.61. The molecule has 0 spiro atoms.